The van der Waals surface area contributed by atoms with E-state index in [1.54, 1.807) is 30.5 Å². The van der Waals surface area contributed by atoms with Crippen LogP contribution < -0.4 is 14.8 Å². The molecule has 0 aliphatic heterocycles. The summed E-state index contributed by atoms with van der Waals surface area (Å²) in [7, 11) is 0. The molecule has 1 heterocycles. The molecule has 3 aromatic rings. The van der Waals surface area contributed by atoms with Crippen molar-refractivity contribution >= 4 is 11.6 Å². The van der Waals surface area contributed by atoms with Crippen LogP contribution in [-0.4, -0.2) is 17.5 Å². The van der Waals surface area contributed by atoms with Gasteiger partial charge in [-0.15, -0.1) is 0 Å². The fourth-order valence-corrected chi connectivity index (χ4v) is 2.51. The summed E-state index contributed by atoms with van der Waals surface area (Å²) >= 11 is 0. The van der Waals surface area contributed by atoms with E-state index in [9.17, 15) is 9.18 Å². The molecular formula is C22H21FN2O3. The molecule has 0 saturated heterocycles. The fourth-order valence-electron chi connectivity index (χ4n) is 2.51. The van der Waals surface area contributed by atoms with Gasteiger partial charge in [0.25, 0.3) is 0 Å². The van der Waals surface area contributed by atoms with Crippen LogP contribution in [0.2, 0.25) is 0 Å². The maximum Gasteiger partial charge on any atom is 0.224 e. The van der Waals surface area contributed by atoms with Crippen LogP contribution in [0.25, 0.3) is 0 Å². The number of benzene rings is 2. The molecule has 0 aliphatic carbocycles. The van der Waals surface area contributed by atoms with Gasteiger partial charge in [-0.05, 0) is 42.8 Å². The standard InChI is InChI=1S/C22H21FN2O3/c23-17-6-3-9-20(14-17)27-13-5-11-22(26)25-18-8-4-10-21(15-18)28-16-19-7-1-2-12-24-19/h1-4,6-10,12,14-15H,5,11,13,16H2,(H,25,26). The maximum absolute atomic E-state index is 13.1. The number of aromatic nitrogens is 1. The minimum absolute atomic E-state index is 0.121. The second-order valence-electron chi connectivity index (χ2n) is 6.10. The Hall–Kier alpha value is -3.41. The summed E-state index contributed by atoms with van der Waals surface area (Å²) in [6.45, 7) is 0.694. The van der Waals surface area contributed by atoms with E-state index in [0.717, 1.165) is 5.69 Å². The predicted octanol–water partition coefficient (Wildman–Crippen LogP) is 4.60. The van der Waals surface area contributed by atoms with Crippen LogP contribution >= 0.6 is 0 Å². The van der Waals surface area contributed by atoms with Gasteiger partial charge in [0.05, 0.1) is 12.3 Å². The lowest BCUT2D eigenvalue weighted by atomic mass is 10.2. The van der Waals surface area contributed by atoms with Crippen LogP contribution in [0.1, 0.15) is 18.5 Å². The third-order valence-corrected chi connectivity index (χ3v) is 3.84. The molecule has 3 rings (SSSR count). The molecule has 5 nitrogen and oxygen atoms in total. The first kappa shape index (κ1) is 19.4. The van der Waals surface area contributed by atoms with Gasteiger partial charge < -0.3 is 14.8 Å². The van der Waals surface area contributed by atoms with Crippen LogP contribution in [0.15, 0.2) is 72.9 Å². The Morgan fingerprint density at radius 1 is 0.964 bits per heavy atom. The molecule has 0 spiro atoms. The highest BCUT2D eigenvalue weighted by Gasteiger charge is 2.05. The van der Waals surface area contributed by atoms with Crippen molar-refractivity contribution in [1.82, 2.24) is 4.98 Å². The number of nitrogens with zero attached hydrogens (tertiary/aromatic N) is 1. The monoisotopic (exact) mass is 380 g/mol. The summed E-state index contributed by atoms with van der Waals surface area (Å²) in [6, 6.07) is 18.8. The number of amides is 1. The molecule has 0 saturated carbocycles. The average molecular weight is 380 g/mol. The molecule has 6 heteroatoms. The first-order valence-electron chi connectivity index (χ1n) is 9.00. The van der Waals surface area contributed by atoms with Gasteiger partial charge in [0, 0.05) is 30.4 Å². The van der Waals surface area contributed by atoms with Gasteiger partial charge in [-0.2, -0.15) is 0 Å². The lowest BCUT2D eigenvalue weighted by Crippen LogP contribution is -2.13. The van der Waals surface area contributed by atoms with E-state index in [4.69, 9.17) is 9.47 Å². The van der Waals surface area contributed by atoms with E-state index in [1.807, 2.05) is 30.3 Å². The van der Waals surface area contributed by atoms with Gasteiger partial charge in [-0.25, -0.2) is 4.39 Å². The summed E-state index contributed by atoms with van der Waals surface area (Å²) < 4.78 is 24.2. The van der Waals surface area contributed by atoms with Gasteiger partial charge >= 0.3 is 0 Å². The molecule has 1 N–H and O–H groups in total. The lowest BCUT2D eigenvalue weighted by Gasteiger charge is -2.09. The first-order valence-corrected chi connectivity index (χ1v) is 9.00. The number of halogens is 1. The number of rotatable bonds is 9. The largest absolute Gasteiger partial charge is 0.493 e. The van der Waals surface area contributed by atoms with Crippen molar-refractivity contribution in [3.63, 3.8) is 0 Å². The zero-order valence-corrected chi connectivity index (χ0v) is 15.3. The summed E-state index contributed by atoms with van der Waals surface area (Å²) in [5.74, 6) is 0.640. The van der Waals surface area contributed by atoms with E-state index in [-0.39, 0.29) is 11.7 Å². The SMILES string of the molecule is O=C(CCCOc1cccc(F)c1)Nc1cccc(OCc2ccccn2)c1. The Morgan fingerprint density at radius 3 is 2.57 bits per heavy atom. The molecule has 1 aromatic heterocycles. The molecule has 0 radical (unpaired) electrons. The molecular weight excluding hydrogens is 359 g/mol. The lowest BCUT2D eigenvalue weighted by molar-refractivity contribution is -0.116. The van der Waals surface area contributed by atoms with Gasteiger partial charge in [-0.3, -0.25) is 9.78 Å². The number of hydrogen-bond donors (Lipinski definition) is 1. The zero-order chi connectivity index (χ0) is 19.6. The number of ether oxygens (including phenoxy) is 2. The van der Waals surface area contributed by atoms with Crippen molar-refractivity contribution in [3.8, 4) is 11.5 Å². The molecule has 0 unspecified atom stereocenters. The molecule has 0 fully saturated rings. The van der Waals surface area contributed by atoms with Gasteiger partial charge in [0.2, 0.25) is 5.91 Å². The number of hydrogen-bond acceptors (Lipinski definition) is 4. The molecule has 0 atom stereocenters. The minimum atomic E-state index is -0.347. The molecule has 28 heavy (non-hydrogen) atoms. The van der Waals surface area contributed by atoms with Crippen LogP contribution in [0, 0.1) is 5.82 Å². The van der Waals surface area contributed by atoms with E-state index in [1.165, 1.54) is 12.1 Å². The predicted molar refractivity (Wildman–Crippen MR) is 105 cm³/mol. The summed E-state index contributed by atoms with van der Waals surface area (Å²) in [6.07, 6.45) is 2.54. The Balaban J connectivity index is 1.41. The van der Waals surface area contributed by atoms with Gasteiger partial charge in [0.1, 0.15) is 23.9 Å². The van der Waals surface area contributed by atoms with E-state index >= 15 is 0 Å². The van der Waals surface area contributed by atoms with Crippen LogP contribution in [0.4, 0.5) is 10.1 Å². The van der Waals surface area contributed by atoms with E-state index in [0.29, 0.717) is 43.2 Å². The Labute approximate surface area is 163 Å². The van der Waals surface area contributed by atoms with Crippen molar-refractivity contribution in [3.05, 3.63) is 84.4 Å². The topological polar surface area (TPSA) is 60.5 Å². The van der Waals surface area contributed by atoms with Gasteiger partial charge in [-0.1, -0.05) is 18.2 Å². The minimum Gasteiger partial charge on any atom is -0.493 e. The fraction of sp³-hybridized carbons (Fsp3) is 0.182. The van der Waals surface area contributed by atoms with Crippen molar-refractivity contribution in [2.75, 3.05) is 11.9 Å². The highest BCUT2D eigenvalue weighted by atomic mass is 19.1. The smallest absolute Gasteiger partial charge is 0.224 e. The zero-order valence-electron chi connectivity index (χ0n) is 15.3. The number of pyridine rings is 1. The Kier molecular flexibility index (Phi) is 6.95. The van der Waals surface area contributed by atoms with Crippen LogP contribution in [-0.2, 0) is 11.4 Å². The van der Waals surface area contributed by atoms with Crippen LogP contribution in [0.3, 0.4) is 0 Å². The van der Waals surface area contributed by atoms with Crippen LogP contribution in [0.5, 0.6) is 11.5 Å². The number of anilines is 1. The molecule has 144 valence electrons. The summed E-state index contributed by atoms with van der Waals surface area (Å²) in [4.78, 5) is 16.3. The normalized spacial score (nSPS) is 10.3. The Morgan fingerprint density at radius 2 is 1.79 bits per heavy atom. The second-order valence-corrected chi connectivity index (χ2v) is 6.10. The number of carbonyl (C=O) groups excluding carboxylic acids is 1. The third-order valence-electron chi connectivity index (χ3n) is 3.84. The van der Waals surface area contributed by atoms with E-state index < -0.39 is 0 Å². The highest BCUT2D eigenvalue weighted by Crippen LogP contribution is 2.19. The molecule has 0 bridgehead atoms. The van der Waals surface area contributed by atoms with Gasteiger partial charge in [0.15, 0.2) is 0 Å². The van der Waals surface area contributed by atoms with Crippen molar-refractivity contribution in [1.29, 1.82) is 0 Å². The van der Waals surface area contributed by atoms with E-state index in [2.05, 4.69) is 10.3 Å². The first-order chi connectivity index (χ1) is 13.7. The quantitative estimate of drug-likeness (QED) is 0.551. The number of carbonyl (C=O) groups is 1. The summed E-state index contributed by atoms with van der Waals surface area (Å²) in [5.41, 5.74) is 1.49. The maximum atomic E-state index is 13.1. The number of nitrogens with one attached hydrogen (secondary N) is 1. The van der Waals surface area contributed by atoms with Crippen molar-refractivity contribution in [2.24, 2.45) is 0 Å². The molecule has 2 aromatic carbocycles. The second kappa shape index (κ2) is 10.1. The van der Waals surface area contributed by atoms with Crippen molar-refractivity contribution < 1.29 is 18.7 Å². The third kappa shape index (κ3) is 6.39. The molecule has 1 amide bonds. The highest BCUT2D eigenvalue weighted by molar-refractivity contribution is 5.90. The summed E-state index contributed by atoms with van der Waals surface area (Å²) in [5, 5.41) is 2.84. The van der Waals surface area contributed by atoms with Crippen molar-refractivity contribution in [2.45, 2.75) is 19.4 Å². The Bertz CT molecular complexity index is 903. The average Bonchev–Trinajstić information content (AvgIpc) is 2.71. The molecule has 0 aliphatic rings.